The molecule has 1 atom stereocenters. The van der Waals surface area contributed by atoms with Crippen LogP contribution in [0, 0.1) is 0 Å². The van der Waals surface area contributed by atoms with E-state index in [4.69, 9.17) is 10.2 Å². The molecule has 1 rings (SSSR count). The van der Waals surface area contributed by atoms with Crippen molar-refractivity contribution in [1.29, 1.82) is 0 Å². The van der Waals surface area contributed by atoms with Gasteiger partial charge in [-0.1, -0.05) is 12.1 Å². The zero-order chi connectivity index (χ0) is 12.1. The van der Waals surface area contributed by atoms with Gasteiger partial charge in [-0.3, -0.25) is 4.90 Å². The highest BCUT2D eigenvalue weighted by atomic mass is 16.4. The molecule has 4 heteroatoms. The summed E-state index contributed by atoms with van der Waals surface area (Å²) in [4.78, 5) is 12.7. The number of carbonyl (C=O) groups is 1. The van der Waals surface area contributed by atoms with Crippen molar-refractivity contribution in [2.45, 2.75) is 19.5 Å². The molecule has 1 aromatic carbocycles. The third kappa shape index (κ3) is 3.32. The van der Waals surface area contributed by atoms with Gasteiger partial charge in [0, 0.05) is 12.6 Å². The third-order valence-electron chi connectivity index (χ3n) is 2.62. The number of rotatable bonds is 5. The summed E-state index contributed by atoms with van der Waals surface area (Å²) in [7, 11) is 1.90. The van der Waals surface area contributed by atoms with Gasteiger partial charge < -0.3 is 10.2 Å². The number of carboxylic acids is 1. The standard InChI is InChI=1S/C12H17NO3/c1-9(8-14)13(2)7-10-4-3-5-11(6-10)12(15)16/h3-6,9,14H,7-8H2,1-2H3,(H,15,16). The lowest BCUT2D eigenvalue weighted by molar-refractivity contribution is 0.0696. The number of aromatic carboxylic acids is 1. The Morgan fingerprint density at radius 2 is 2.19 bits per heavy atom. The van der Waals surface area contributed by atoms with Gasteiger partial charge >= 0.3 is 5.97 Å². The van der Waals surface area contributed by atoms with Gasteiger partial charge in [0.15, 0.2) is 0 Å². The molecule has 0 amide bonds. The molecule has 0 saturated carbocycles. The number of nitrogens with zero attached hydrogens (tertiary/aromatic N) is 1. The van der Waals surface area contributed by atoms with Crippen molar-refractivity contribution in [3.63, 3.8) is 0 Å². The predicted molar refractivity (Wildman–Crippen MR) is 61.4 cm³/mol. The van der Waals surface area contributed by atoms with Crippen LogP contribution in [0.1, 0.15) is 22.8 Å². The summed E-state index contributed by atoms with van der Waals surface area (Å²) in [5.74, 6) is -0.917. The van der Waals surface area contributed by atoms with E-state index in [-0.39, 0.29) is 12.6 Å². The molecule has 0 fully saturated rings. The Morgan fingerprint density at radius 3 is 2.75 bits per heavy atom. The van der Waals surface area contributed by atoms with Gasteiger partial charge in [-0.2, -0.15) is 0 Å². The lowest BCUT2D eigenvalue weighted by Crippen LogP contribution is -2.31. The van der Waals surface area contributed by atoms with Crippen molar-refractivity contribution in [2.24, 2.45) is 0 Å². The zero-order valence-corrected chi connectivity index (χ0v) is 9.55. The van der Waals surface area contributed by atoms with Gasteiger partial charge in [0.25, 0.3) is 0 Å². The average Bonchev–Trinajstić information content (AvgIpc) is 2.28. The molecule has 0 saturated heterocycles. The summed E-state index contributed by atoms with van der Waals surface area (Å²) in [6, 6.07) is 6.90. The van der Waals surface area contributed by atoms with Crippen molar-refractivity contribution < 1.29 is 15.0 Å². The predicted octanol–water partition coefficient (Wildman–Crippen LogP) is 1.20. The van der Waals surface area contributed by atoms with Crippen LogP contribution in [0.3, 0.4) is 0 Å². The monoisotopic (exact) mass is 223 g/mol. The number of likely N-dealkylation sites (N-methyl/N-ethyl adjacent to an activating group) is 1. The molecule has 0 aliphatic rings. The summed E-state index contributed by atoms with van der Waals surface area (Å²) in [6.45, 7) is 2.64. The first-order chi connectivity index (χ1) is 7.54. The van der Waals surface area contributed by atoms with Crippen LogP contribution in [-0.4, -0.2) is 40.8 Å². The molecular formula is C12H17NO3. The highest BCUT2D eigenvalue weighted by molar-refractivity contribution is 5.87. The Labute approximate surface area is 95.1 Å². The Morgan fingerprint density at radius 1 is 1.50 bits per heavy atom. The normalized spacial score (nSPS) is 12.8. The van der Waals surface area contributed by atoms with Gasteiger partial charge in [0.1, 0.15) is 0 Å². The van der Waals surface area contributed by atoms with Crippen LogP contribution in [0.15, 0.2) is 24.3 Å². The lowest BCUT2D eigenvalue weighted by atomic mass is 10.1. The molecule has 0 aliphatic carbocycles. The van der Waals surface area contributed by atoms with Crippen LogP contribution in [0.25, 0.3) is 0 Å². The molecule has 4 nitrogen and oxygen atoms in total. The molecule has 0 aromatic heterocycles. The summed E-state index contributed by atoms with van der Waals surface area (Å²) in [5, 5.41) is 17.8. The largest absolute Gasteiger partial charge is 0.478 e. The fourth-order valence-electron chi connectivity index (χ4n) is 1.39. The van der Waals surface area contributed by atoms with Gasteiger partial charge in [-0.15, -0.1) is 0 Å². The van der Waals surface area contributed by atoms with E-state index in [1.807, 2.05) is 24.9 Å². The minimum absolute atomic E-state index is 0.0634. The fourth-order valence-corrected chi connectivity index (χ4v) is 1.39. The van der Waals surface area contributed by atoms with E-state index in [2.05, 4.69) is 0 Å². The van der Waals surface area contributed by atoms with E-state index in [1.54, 1.807) is 18.2 Å². The maximum absolute atomic E-state index is 10.8. The van der Waals surface area contributed by atoms with Crippen LogP contribution in [0.4, 0.5) is 0 Å². The number of aliphatic hydroxyl groups excluding tert-OH is 1. The topological polar surface area (TPSA) is 60.8 Å². The number of hydrogen-bond donors (Lipinski definition) is 2. The average molecular weight is 223 g/mol. The Bertz CT molecular complexity index is 365. The van der Waals surface area contributed by atoms with Gasteiger partial charge in [0.2, 0.25) is 0 Å². The SMILES string of the molecule is CC(CO)N(C)Cc1cccc(C(=O)O)c1. The molecule has 0 bridgehead atoms. The maximum atomic E-state index is 10.8. The highest BCUT2D eigenvalue weighted by Gasteiger charge is 2.09. The van der Waals surface area contributed by atoms with Crippen LogP contribution in [-0.2, 0) is 6.54 Å². The second-order valence-electron chi connectivity index (χ2n) is 3.95. The van der Waals surface area contributed by atoms with Crippen LogP contribution < -0.4 is 0 Å². The molecule has 0 spiro atoms. The van der Waals surface area contributed by atoms with Crippen molar-refractivity contribution in [3.8, 4) is 0 Å². The number of aliphatic hydroxyl groups is 1. The first kappa shape index (κ1) is 12.7. The minimum Gasteiger partial charge on any atom is -0.478 e. The minimum atomic E-state index is -0.917. The molecule has 2 N–H and O–H groups in total. The molecular weight excluding hydrogens is 206 g/mol. The van der Waals surface area contributed by atoms with Crippen LogP contribution in [0.5, 0.6) is 0 Å². The number of benzene rings is 1. The molecule has 0 heterocycles. The summed E-state index contributed by atoms with van der Waals surface area (Å²) in [6.07, 6.45) is 0. The smallest absolute Gasteiger partial charge is 0.335 e. The second-order valence-corrected chi connectivity index (χ2v) is 3.95. The summed E-state index contributed by atoms with van der Waals surface area (Å²) >= 11 is 0. The van der Waals surface area contributed by atoms with Crippen LogP contribution in [0.2, 0.25) is 0 Å². The lowest BCUT2D eigenvalue weighted by Gasteiger charge is -2.22. The van der Waals surface area contributed by atoms with Gasteiger partial charge in [-0.25, -0.2) is 4.79 Å². The van der Waals surface area contributed by atoms with E-state index in [1.165, 1.54) is 0 Å². The Kier molecular flexibility index (Phi) is 4.46. The molecule has 0 aliphatic heterocycles. The van der Waals surface area contributed by atoms with E-state index in [9.17, 15) is 4.79 Å². The first-order valence-electron chi connectivity index (χ1n) is 5.18. The zero-order valence-electron chi connectivity index (χ0n) is 9.55. The fraction of sp³-hybridized carbons (Fsp3) is 0.417. The van der Waals surface area contributed by atoms with Gasteiger partial charge in [0.05, 0.1) is 12.2 Å². The van der Waals surface area contributed by atoms with E-state index < -0.39 is 5.97 Å². The maximum Gasteiger partial charge on any atom is 0.335 e. The van der Waals surface area contributed by atoms with E-state index in [0.29, 0.717) is 12.1 Å². The summed E-state index contributed by atoms with van der Waals surface area (Å²) < 4.78 is 0. The second kappa shape index (κ2) is 5.63. The molecule has 1 unspecified atom stereocenters. The summed E-state index contributed by atoms with van der Waals surface area (Å²) in [5.41, 5.74) is 1.23. The van der Waals surface area contributed by atoms with Crippen molar-refractivity contribution in [1.82, 2.24) is 4.90 Å². The van der Waals surface area contributed by atoms with Gasteiger partial charge in [-0.05, 0) is 31.7 Å². The van der Waals surface area contributed by atoms with Crippen molar-refractivity contribution in [2.75, 3.05) is 13.7 Å². The van der Waals surface area contributed by atoms with E-state index in [0.717, 1.165) is 5.56 Å². The highest BCUT2D eigenvalue weighted by Crippen LogP contribution is 2.09. The van der Waals surface area contributed by atoms with Crippen molar-refractivity contribution in [3.05, 3.63) is 35.4 Å². The van der Waals surface area contributed by atoms with Crippen molar-refractivity contribution >= 4 is 5.97 Å². The number of hydrogen-bond acceptors (Lipinski definition) is 3. The molecule has 16 heavy (non-hydrogen) atoms. The molecule has 1 aromatic rings. The third-order valence-corrected chi connectivity index (χ3v) is 2.62. The Balaban J connectivity index is 2.74. The molecule has 88 valence electrons. The Hall–Kier alpha value is -1.39. The quantitative estimate of drug-likeness (QED) is 0.787. The van der Waals surface area contributed by atoms with E-state index >= 15 is 0 Å². The molecule has 0 radical (unpaired) electrons. The first-order valence-corrected chi connectivity index (χ1v) is 5.18. The number of carboxylic acid groups (broad SMARTS) is 1. The van der Waals surface area contributed by atoms with Crippen LogP contribution >= 0.6 is 0 Å².